The number of nitrogens with one attached hydrogen (secondary N) is 1. The van der Waals surface area contributed by atoms with Gasteiger partial charge in [0, 0.05) is 39.0 Å². The molecule has 3 amide bonds. The van der Waals surface area contributed by atoms with Crippen molar-refractivity contribution < 1.29 is 19.1 Å². The molecule has 2 fully saturated rings. The first-order valence-electron chi connectivity index (χ1n) is 10.2. The number of amides is 3. The smallest absolute Gasteiger partial charge is 0.242 e. The lowest BCUT2D eigenvalue weighted by Crippen LogP contribution is -2.46. The van der Waals surface area contributed by atoms with Crippen molar-refractivity contribution in [3.63, 3.8) is 0 Å². The average molecular weight is 433 g/mol. The van der Waals surface area contributed by atoms with E-state index in [9.17, 15) is 14.4 Å². The van der Waals surface area contributed by atoms with Gasteiger partial charge in [-0.3, -0.25) is 19.3 Å². The van der Waals surface area contributed by atoms with Crippen molar-refractivity contribution in [1.29, 1.82) is 0 Å². The van der Waals surface area contributed by atoms with Gasteiger partial charge in [0.2, 0.25) is 17.7 Å². The molecule has 30 heavy (non-hydrogen) atoms. The molecule has 0 spiro atoms. The highest BCUT2D eigenvalue weighted by atomic mass is 32.2. The Labute approximate surface area is 181 Å². The number of nitrogens with zero attached hydrogens (tertiary/aromatic N) is 3. The van der Waals surface area contributed by atoms with Gasteiger partial charge in [-0.15, -0.1) is 0 Å². The Morgan fingerprint density at radius 3 is 2.87 bits per heavy atom. The van der Waals surface area contributed by atoms with Crippen LogP contribution >= 0.6 is 11.8 Å². The van der Waals surface area contributed by atoms with E-state index in [1.165, 1.54) is 11.8 Å². The van der Waals surface area contributed by atoms with Crippen LogP contribution in [-0.4, -0.2) is 70.7 Å². The summed E-state index contributed by atoms with van der Waals surface area (Å²) in [5, 5.41) is 2.59. The van der Waals surface area contributed by atoms with Crippen LogP contribution in [0.2, 0.25) is 0 Å². The zero-order chi connectivity index (χ0) is 21.7. The number of hydrogen-bond acceptors (Lipinski definition) is 6. The number of benzene rings is 1. The predicted octanol–water partition coefficient (Wildman–Crippen LogP) is 2.16. The molecule has 2 unspecified atom stereocenters. The fourth-order valence-electron chi connectivity index (χ4n) is 3.59. The monoisotopic (exact) mass is 432 g/mol. The number of carbonyl (C=O) groups is 3. The van der Waals surface area contributed by atoms with Crippen LogP contribution in [0.15, 0.2) is 29.3 Å². The summed E-state index contributed by atoms with van der Waals surface area (Å²) in [6, 6.07) is 7.13. The third-order valence-corrected chi connectivity index (χ3v) is 6.22. The first kappa shape index (κ1) is 22.1. The fraction of sp³-hybridized carbons (Fsp3) is 0.524. The lowest BCUT2D eigenvalue weighted by molar-refractivity contribution is -0.132. The molecular weight excluding hydrogens is 404 g/mol. The standard InChI is InChI=1S/C21H28N4O4S/c1-4-29-16-8-5-7-15(11-16)23-21-25(14(2)13-24-10-6-9-19(24)27)20(28)17(30-21)12-18(26)22-3/h5,7-8,11,14,17H,4,6,9-10,12-13H2,1-3H3,(H,22,26). The number of rotatable bonds is 8. The third kappa shape index (κ3) is 5.13. The quantitative estimate of drug-likeness (QED) is 0.680. The molecule has 1 aromatic rings. The van der Waals surface area contributed by atoms with E-state index in [-0.39, 0.29) is 30.2 Å². The Hall–Kier alpha value is -2.55. The normalized spacial score (nSPS) is 21.4. The summed E-state index contributed by atoms with van der Waals surface area (Å²) in [7, 11) is 1.56. The zero-order valence-electron chi connectivity index (χ0n) is 17.6. The maximum Gasteiger partial charge on any atom is 0.242 e. The second-order valence-corrected chi connectivity index (χ2v) is 8.48. The number of aliphatic imine (C=N–C) groups is 1. The largest absolute Gasteiger partial charge is 0.494 e. The second kappa shape index (κ2) is 9.97. The molecule has 3 rings (SSSR count). The van der Waals surface area contributed by atoms with Gasteiger partial charge in [0.05, 0.1) is 18.3 Å². The molecule has 2 aliphatic heterocycles. The van der Waals surface area contributed by atoms with Crippen LogP contribution < -0.4 is 10.1 Å². The molecule has 1 aromatic carbocycles. The minimum atomic E-state index is -0.532. The summed E-state index contributed by atoms with van der Waals surface area (Å²) in [6.45, 7) is 5.54. The number of ether oxygens (including phenoxy) is 1. The molecule has 1 N–H and O–H groups in total. The van der Waals surface area contributed by atoms with Crippen molar-refractivity contribution in [2.75, 3.05) is 26.7 Å². The summed E-state index contributed by atoms with van der Waals surface area (Å²) in [5.74, 6) is 0.481. The van der Waals surface area contributed by atoms with E-state index in [1.54, 1.807) is 16.8 Å². The van der Waals surface area contributed by atoms with Crippen molar-refractivity contribution in [1.82, 2.24) is 15.1 Å². The summed E-state index contributed by atoms with van der Waals surface area (Å²) >= 11 is 1.29. The molecule has 0 radical (unpaired) electrons. The van der Waals surface area contributed by atoms with E-state index in [2.05, 4.69) is 5.32 Å². The summed E-state index contributed by atoms with van der Waals surface area (Å²) in [6.07, 6.45) is 1.49. The van der Waals surface area contributed by atoms with E-state index >= 15 is 0 Å². The van der Waals surface area contributed by atoms with Gasteiger partial charge >= 0.3 is 0 Å². The van der Waals surface area contributed by atoms with Gasteiger partial charge in [-0.1, -0.05) is 17.8 Å². The van der Waals surface area contributed by atoms with Gasteiger partial charge in [0.25, 0.3) is 0 Å². The van der Waals surface area contributed by atoms with Crippen molar-refractivity contribution in [2.24, 2.45) is 4.99 Å². The predicted molar refractivity (Wildman–Crippen MR) is 117 cm³/mol. The van der Waals surface area contributed by atoms with Gasteiger partial charge in [0.1, 0.15) is 11.0 Å². The highest BCUT2D eigenvalue weighted by Gasteiger charge is 2.42. The number of carbonyl (C=O) groups excluding carboxylic acids is 3. The van der Waals surface area contributed by atoms with Crippen LogP contribution in [0, 0.1) is 0 Å². The maximum atomic E-state index is 13.1. The summed E-state index contributed by atoms with van der Waals surface area (Å²) < 4.78 is 5.54. The van der Waals surface area contributed by atoms with Crippen LogP contribution in [0.4, 0.5) is 5.69 Å². The SMILES string of the molecule is CCOc1cccc(N=C2SC(CC(=O)NC)C(=O)N2C(C)CN2CCCC2=O)c1. The minimum absolute atomic E-state index is 0.0872. The van der Waals surface area contributed by atoms with E-state index < -0.39 is 5.25 Å². The molecule has 2 heterocycles. The summed E-state index contributed by atoms with van der Waals surface area (Å²) in [4.78, 5) is 45.2. The molecule has 0 bridgehead atoms. The van der Waals surface area contributed by atoms with Crippen LogP contribution in [0.5, 0.6) is 5.75 Å². The third-order valence-electron chi connectivity index (χ3n) is 5.07. The van der Waals surface area contributed by atoms with Crippen LogP contribution in [-0.2, 0) is 14.4 Å². The van der Waals surface area contributed by atoms with Gasteiger partial charge in [-0.05, 0) is 32.4 Å². The summed E-state index contributed by atoms with van der Waals surface area (Å²) in [5.41, 5.74) is 0.672. The highest BCUT2D eigenvalue weighted by molar-refractivity contribution is 8.15. The molecular formula is C21H28N4O4S. The average Bonchev–Trinajstić information content (AvgIpc) is 3.25. The Morgan fingerprint density at radius 1 is 1.40 bits per heavy atom. The fourth-order valence-corrected chi connectivity index (χ4v) is 4.83. The van der Waals surface area contributed by atoms with Gasteiger partial charge in [-0.2, -0.15) is 0 Å². The van der Waals surface area contributed by atoms with Gasteiger partial charge in [-0.25, -0.2) is 4.99 Å². The molecule has 0 saturated carbocycles. The van der Waals surface area contributed by atoms with Crippen molar-refractivity contribution >= 4 is 40.3 Å². The van der Waals surface area contributed by atoms with Gasteiger partial charge < -0.3 is 15.0 Å². The molecule has 0 aromatic heterocycles. The Kier molecular flexibility index (Phi) is 7.36. The zero-order valence-corrected chi connectivity index (χ0v) is 18.4. The lowest BCUT2D eigenvalue weighted by atomic mass is 10.2. The maximum absolute atomic E-state index is 13.1. The molecule has 2 atom stereocenters. The van der Waals surface area contributed by atoms with Gasteiger partial charge in [0.15, 0.2) is 5.17 Å². The van der Waals surface area contributed by atoms with Crippen molar-refractivity contribution in [3.8, 4) is 5.75 Å². The molecule has 9 heteroatoms. The molecule has 2 aliphatic rings. The molecule has 0 aliphatic carbocycles. The van der Waals surface area contributed by atoms with Crippen LogP contribution in [0.3, 0.4) is 0 Å². The lowest BCUT2D eigenvalue weighted by Gasteiger charge is -2.28. The minimum Gasteiger partial charge on any atom is -0.494 e. The van der Waals surface area contributed by atoms with E-state index in [1.807, 2.05) is 38.1 Å². The molecule has 162 valence electrons. The Bertz CT molecular complexity index is 844. The van der Waals surface area contributed by atoms with Crippen LogP contribution in [0.25, 0.3) is 0 Å². The second-order valence-electron chi connectivity index (χ2n) is 7.31. The van der Waals surface area contributed by atoms with E-state index in [4.69, 9.17) is 9.73 Å². The molecule has 8 nitrogen and oxygen atoms in total. The number of amidine groups is 1. The van der Waals surface area contributed by atoms with Crippen molar-refractivity contribution in [2.45, 2.75) is 44.4 Å². The topological polar surface area (TPSA) is 91.3 Å². The number of hydrogen-bond donors (Lipinski definition) is 1. The van der Waals surface area contributed by atoms with E-state index in [0.29, 0.717) is 42.7 Å². The van der Waals surface area contributed by atoms with Crippen molar-refractivity contribution in [3.05, 3.63) is 24.3 Å². The highest BCUT2D eigenvalue weighted by Crippen LogP contribution is 2.34. The number of likely N-dealkylation sites (tertiary alicyclic amines) is 1. The Morgan fingerprint density at radius 2 is 2.20 bits per heavy atom. The first-order chi connectivity index (χ1) is 14.4. The molecule has 2 saturated heterocycles. The van der Waals surface area contributed by atoms with E-state index in [0.717, 1.165) is 6.42 Å². The van der Waals surface area contributed by atoms with Crippen LogP contribution in [0.1, 0.15) is 33.1 Å². The Balaban J connectivity index is 1.86. The number of thioether (sulfide) groups is 1. The first-order valence-corrected chi connectivity index (χ1v) is 11.1.